The Balaban J connectivity index is 0.00000261. The van der Waals surface area contributed by atoms with Crippen molar-refractivity contribution in [1.82, 2.24) is 5.06 Å². The third-order valence-corrected chi connectivity index (χ3v) is 5.66. The smallest absolute Gasteiger partial charge is 0.127 e. The van der Waals surface area contributed by atoms with Crippen molar-refractivity contribution in [3.05, 3.63) is 69.5 Å². The first-order valence-corrected chi connectivity index (χ1v) is 9.65. The van der Waals surface area contributed by atoms with E-state index in [9.17, 15) is 4.39 Å². The van der Waals surface area contributed by atoms with Crippen LogP contribution in [0, 0.1) is 25.6 Å². The molecule has 0 radical (unpaired) electrons. The minimum absolute atomic E-state index is 0. The number of hydrogen-bond donors (Lipinski definition) is 0. The maximum atomic E-state index is 14.4. The van der Waals surface area contributed by atoms with Crippen molar-refractivity contribution < 1.29 is 9.23 Å². The Labute approximate surface area is 173 Å². The van der Waals surface area contributed by atoms with Crippen LogP contribution in [0.5, 0.6) is 0 Å². The molecule has 5 heteroatoms. The van der Waals surface area contributed by atoms with Crippen molar-refractivity contribution in [3.8, 4) is 0 Å². The predicted octanol–water partition coefficient (Wildman–Crippen LogP) is 6.12. The molecule has 0 aliphatic heterocycles. The molecule has 1 aliphatic rings. The van der Waals surface area contributed by atoms with Crippen LogP contribution >= 0.6 is 24.0 Å². The van der Waals surface area contributed by atoms with Gasteiger partial charge >= 0.3 is 0 Å². The van der Waals surface area contributed by atoms with Crippen LogP contribution < -0.4 is 0 Å². The van der Waals surface area contributed by atoms with E-state index in [-0.39, 0.29) is 24.1 Å². The van der Waals surface area contributed by atoms with Crippen molar-refractivity contribution in [1.29, 1.82) is 0 Å². The normalized spacial score (nSPS) is 14.9. The summed E-state index contributed by atoms with van der Waals surface area (Å²) in [6.45, 7) is 5.90. The molecule has 1 aliphatic carbocycles. The average Bonchev–Trinajstić information content (AvgIpc) is 3.41. The number of aryl methyl sites for hydroxylation is 2. The van der Waals surface area contributed by atoms with Gasteiger partial charge in [0.1, 0.15) is 5.82 Å². The molecular formula is C22H28Cl2FNO. The lowest BCUT2D eigenvalue weighted by Gasteiger charge is -2.28. The largest absolute Gasteiger partial charge is 0.302 e. The molecule has 2 aromatic rings. The molecule has 0 bridgehead atoms. The molecule has 1 fully saturated rings. The van der Waals surface area contributed by atoms with Gasteiger partial charge in [0, 0.05) is 29.6 Å². The standard InChI is InChI=1S/C22H27ClFNO.ClH/c1-15-6-4-7-16(2)22(15)18(14-25(26-3)13-17-10-11-17)12-19-20(23)8-5-9-21(19)24;/h4-9,17-18H,10-14H2,1-3H3;1H. The van der Waals surface area contributed by atoms with Gasteiger partial charge < -0.3 is 4.84 Å². The first-order chi connectivity index (χ1) is 12.5. The second kappa shape index (κ2) is 9.88. The number of nitrogens with zero attached hydrogens (tertiary/aromatic N) is 1. The van der Waals surface area contributed by atoms with E-state index in [1.807, 2.05) is 5.06 Å². The molecule has 0 aromatic heterocycles. The summed E-state index contributed by atoms with van der Waals surface area (Å²) in [6, 6.07) is 11.2. The molecule has 27 heavy (non-hydrogen) atoms. The number of hydrogen-bond acceptors (Lipinski definition) is 2. The van der Waals surface area contributed by atoms with E-state index in [0.717, 1.165) is 19.0 Å². The zero-order chi connectivity index (χ0) is 18.7. The Morgan fingerprint density at radius 3 is 2.33 bits per heavy atom. The van der Waals surface area contributed by atoms with Crippen LogP contribution in [0.3, 0.4) is 0 Å². The van der Waals surface area contributed by atoms with E-state index >= 15 is 0 Å². The van der Waals surface area contributed by atoms with Crippen molar-refractivity contribution in [2.75, 3.05) is 20.2 Å². The van der Waals surface area contributed by atoms with Crippen LogP contribution in [0.2, 0.25) is 5.02 Å². The van der Waals surface area contributed by atoms with Gasteiger partial charge in [-0.15, -0.1) is 12.4 Å². The summed E-state index contributed by atoms with van der Waals surface area (Å²) in [5.74, 6) is 0.606. The summed E-state index contributed by atoms with van der Waals surface area (Å²) in [5, 5.41) is 2.52. The molecule has 0 heterocycles. The fourth-order valence-electron chi connectivity index (χ4n) is 3.76. The molecule has 148 valence electrons. The van der Waals surface area contributed by atoms with E-state index < -0.39 is 0 Å². The third-order valence-electron chi connectivity index (χ3n) is 5.30. The summed E-state index contributed by atoms with van der Waals surface area (Å²) in [4.78, 5) is 5.64. The SMILES string of the molecule is CON(CC1CC1)CC(Cc1c(F)cccc1Cl)c1c(C)cccc1C.Cl. The van der Waals surface area contributed by atoms with Gasteiger partial charge in [-0.2, -0.15) is 5.06 Å². The fourth-order valence-corrected chi connectivity index (χ4v) is 4.00. The zero-order valence-electron chi connectivity index (χ0n) is 16.2. The van der Waals surface area contributed by atoms with Gasteiger partial charge in [-0.05, 0) is 67.9 Å². The van der Waals surface area contributed by atoms with Crippen LogP contribution in [-0.4, -0.2) is 25.3 Å². The molecule has 3 rings (SSSR count). The van der Waals surface area contributed by atoms with Gasteiger partial charge in [-0.1, -0.05) is 35.9 Å². The van der Waals surface area contributed by atoms with Gasteiger partial charge in [-0.25, -0.2) is 4.39 Å². The van der Waals surface area contributed by atoms with Gasteiger partial charge in [-0.3, -0.25) is 0 Å². The Hall–Kier alpha value is -1.13. The van der Waals surface area contributed by atoms with Gasteiger partial charge in [0.2, 0.25) is 0 Å². The van der Waals surface area contributed by atoms with Crippen LogP contribution in [0.15, 0.2) is 36.4 Å². The van der Waals surface area contributed by atoms with E-state index in [0.29, 0.717) is 17.0 Å². The Bertz CT molecular complexity index is 723. The third kappa shape index (κ3) is 5.68. The lowest BCUT2D eigenvalue weighted by molar-refractivity contribution is -0.137. The van der Waals surface area contributed by atoms with E-state index in [1.165, 1.54) is 35.6 Å². The highest BCUT2D eigenvalue weighted by molar-refractivity contribution is 6.31. The topological polar surface area (TPSA) is 12.5 Å². The summed E-state index contributed by atoms with van der Waals surface area (Å²) in [6.07, 6.45) is 3.10. The Kier molecular flexibility index (Phi) is 8.11. The average molecular weight is 412 g/mol. The molecule has 0 saturated heterocycles. The lowest BCUT2D eigenvalue weighted by Crippen LogP contribution is -2.31. The van der Waals surface area contributed by atoms with E-state index in [1.54, 1.807) is 19.2 Å². The summed E-state index contributed by atoms with van der Waals surface area (Å²) >= 11 is 6.32. The van der Waals surface area contributed by atoms with Crippen molar-refractivity contribution in [2.24, 2.45) is 5.92 Å². The molecule has 1 unspecified atom stereocenters. The zero-order valence-corrected chi connectivity index (χ0v) is 17.7. The minimum Gasteiger partial charge on any atom is -0.302 e. The molecule has 2 nitrogen and oxygen atoms in total. The summed E-state index contributed by atoms with van der Waals surface area (Å²) in [5.41, 5.74) is 4.31. The quantitative estimate of drug-likeness (QED) is 0.485. The summed E-state index contributed by atoms with van der Waals surface area (Å²) < 4.78 is 14.4. The number of benzene rings is 2. The van der Waals surface area contributed by atoms with Crippen LogP contribution in [0.25, 0.3) is 0 Å². The van der Waals surface area contributed by atoms with Crippen LogP contribution in [-0.2, 0) is 11.3 Å². The highest BCUT2D eigenvalue weighted by Crippen LogP contribution is 2.34. The summed E-state index contributed by atoms with van der Waals surface area (Å²) in [7, 11) is 1.72. The first kappa shape index (κ1) is 22.2. The second-order valence-electron chi connectivity index (χ2n) is 7.38. The molecule has 1 atom stereocenters. The lowest BCUT2D eigenvalue weighted by atomic mass is 9.86. The monoisotopic (exact) mass is 411 g/mol. The Morgan fingerprint density at radius 2 is 1.78 bits per heavy atom. The predicted molar refractivity (Wildman–Crippen MR) is 112 cm³/mol. The highest BCUT2D eigenvalue weighted by Gasteiger charge is 2.28. The molecule has 1 saturated carbocycles. The van der Waals surface area contributed by atoms with Crippen molar-refractivity contribution >= 4 is 24.0 Å². The minimum atomic E-state index is -0.236. The molecule has 0 spiro atoms. The molecule has 0 N–H and O–H groups in total. The first-order valence-electron chi connectivity index (χ1n) is 9.27. The molecule has 2 aromatic carbocycles. The molecular weight excluding hydrogens is 384 g/mol. The fraction of sp³-hybridized carbons (Fsp3) is 0.455. The van der Waals surface area contributed by atoms with E-state index in [2.05, 4.69) is 32.0 Å². The maximum absolute atomic E-state index is 14.4. The number of hydroxylamine groups is 2. The second-order valence-corrected chi connectivity index (χ2v) is 7.79. The van der Waals surface area contributed by atoms with Crippen molar-refractivity contribution in [2.45, 2.75) is 39.0 Å². The van der Waals surface area contributed by atoms with Gasteiger partial charge in [0.15, 0.2) is 0 Å². The van der Waals surface area contributed by atoms with Crippen LogP contribution in [0.1, 0.15) is 41.0 Å². The Morgan fingerprint density at radius 1 is 1.15 bits per heavy atom. The van der Waals surface area contributed by atoms with Gasteiger partial charge in [0.25, 0.3) is 0 Å². The van der Waals surface area contributed by atoms with Gasteiger partial charge in [0.05, 0.1) is 7.11 Å². The number of rotatable bonds is 8. The molecule has 0 amide bonds. The van der Waals surface area contributed by atoms with Crippen molar-refractivity contribution in [3.63, 3.8) is 0 Å². The number of halogens is 3. The van der Waals surface area contributed by atoms with E-state index in [4.69, 9.17) is 16.4 Å². The maximum Gasteiger partial charge on any atom is 0.127 e. The highest BCUT2D eigenvalue weighted by atomic mass is 35.5. The van der Waals surface area contributed by atoms with Crippen LogP contribution in [0.4, 0.5) is 4.39 Å².